The molecule has 0 aliphatic heterocycles. The maximum Gasteiger partial charge on any atom is 0.408 e. The average molecular weight is 543 g/mol. The number of nitrogens with one attached hydrogen (secondary N) is 1. The Hall–Kier alpha value is -3.60. The van der Waals surface area contributed by atoms with Gasteiger partial charge < -0.3 is 10.1 Å². The fourth-order valence-electron chi connectivity index (χ4n) is 5.17. The molecule has 0 spiro atoms. The molecular formula is C27H33N5O5S. The van der Waals surface area contributed by atoms with Crippen LogP contribution in [0, 0.1) is 0 Å². The third-order valence-corrected chi connectivity index (χ3v) is 8.72. The number of pyridine rings is 1. The van der Waals surface area contributed by atoms with Crippen LogP contribution in [-0.4, -0.2) is 43.7 Å². The van der Waals surface area contributed by atoms with E-state index in [2.05, 4.69) is 10.3 Å². The lowest BCUT2D eigenvalue weighted by molar-refractivity contribution is 0.0427. The average Bonchev–Trinajstić information content (AvgIpc) is 3.42. The number of carbonyl (C=O) groups excluding carboxylic acids is 1. The highest BCUT2D eigenvalue weighted by atomic mass is 32.2. The van der Waals surface area contributed by atoms with Crippen LogP contribution in [-0.2, 0) is 21.7 Å². The first-order chi connectivity index (χ1) is 19.0. The summed E-state index contributed by atoms with van der Waals surface area (Å²) >= 11 is 0. The smallest absolute Gasteiger partial charge is 0.408 e. The number of aryl methyl sites for hydroxylation is 1. The number of nitrogens with zero attached hydrogens (tertiary/aromatic N) is 4. The van der Waals surface area contributed by atoms with E-state index in [0.29, 0.717) is 36.6 Å². The van der Waals surface area contributed by atoms with Gasteiger partial charge in [-0.2, -0.15) is 0 Å². The molecule has 3 heterocycles. The lowest BCUT2D eigenvalue weighted by atomic mass is 9.80. The highest BCUT2D eigenvalue weighted by Gasteiger charge is 2.36. The van der Waals surface area contributed by atoms with Crippen molar-refractivity contribution in [2.45, 2.75) is 75.5 Å². The molecule has 1 aliphatic rings. The van der Waals surface area contributed by atoms with Crippen LogP contribution in [0.4, 0.5) is 4.79 Å². The Morgan fingerprint density at radius 1 is 1.18 bits per heavy atom. The molecular weight excluding hydrogens is 506 g/mol. The van der Waals surface area contributed by atoms with Gasteiger partial charge >= 0.3 is 11.8 Å². The van der Waals surface area contributed by atoms with Crippen molar-refractivity contribution in [1.29, 1.82) is 0 Å². The summed E-state index contributed by atoms with van der Waals surface area (Å²) in [5.74, 6) is 0. The van der Waals surface area contributed by atoms with E-state index >= 15 is 0 Å². The number of aromatic nitrogens is 4. The van der Waals surface area contributed by atoms with Crippen molar-refractivity contribution in [3.05, 3.63) is 59.3 Å². The number of carbonyl (C=O) groups is 1. The second-order valence-corrected chi connectivity index (χ2v) is 12.9. The Morgan fingerprint density at radius 2 is 1.87 bits per heavy atom. The quantitative estimate of drug-likeness (QED) is 0.410. The molecule has 0 radical (unpaired) electrons. The summed E-state index contributed by atoms with van der Waals surface area (Å²) in [4.78, 5) is 30.6. The van der Waals surface area contributed by atoms with Gasteiger partial charge in [-0.05, 0) is 71.6 Å². The molecule has 1 fully saturated rings. The van der Waals surface area contributed by atoms with Crippen molar-refractivity contribution >= 4 is 38.2 Å². The van der Waals surface area contributed by atoms with Crippen molar-refractivity contribution in [2.75, 3.05) is 0 Å². The van der Waals surface area contributed by atoms with Crippen molar-refractivity contribution in [3.63, 3.8) is 0 Å². The van der Waals surface area contributed by atoms with Gasteiger partial charge in [0.05, 0.1) is 22.1 Å². The van der Waals surface area contributed by atoms with E-state index in [1.165, 1.54) is 29.1 Å². The third kappa shape index (κ3) is 4.48. The zero-order chi connectivity index (χ0) is 30.0. The largest absolute Gasteiger partial charge is 0.444 e. The van der Waals surface area contributed by atoms with E-state index in [1.54, 1.807) is 45.0 Å². The molecule has 0 bridgehead atoms. The number of hydrogen-bond acceptors (Lipinski definition) is 6. The first kappa shape index (κ1) is 22.4. The van der Waals surface area contributed by atoms with E-state index in [4.69, 9.17) is 8.85 Å². The fraction of sp³-hybridized carbons (Fsp3) is 0.444. The molecule has 0 unspecified atom stereocenters. The van der Waals surface area contributed by atoms with Crippen molar-refractivity contribution in [1.82, 2.24) is 23.4 Å². The van der Waals surface area contributed by atoms with Crippen molar-refractivity contribution in [3.8, 4) is 0 Å². The topological polar surface area (TPSA) is 117 Å². The number of amides is 1. The molecule has 38 heavy (non-hydrogen) atoms. The Bertz CT molecular complexity index is 1790. The highest BCUT2D eigenvalue weighted by Crippen LogP contribution is 2.37. The monoisotopic (exact) mass is 542 g/mol. The van der Waals surface area contributed by atoms with Gasteiger partial charge in [-0.15, -0.1) is 0 Å². The fourth-order valence-corrected chi connectivity index (χ4v) is 6.50. The van der Waals surface area contributed by atoms with Gasteiger partial charge in [0.25, 0.3) is 10.0 Å². The Labute approximate surface area is 225 Å². The van der Waals surface area contributed by atoms with E-state index < -0.39 is 39.9 Å². The first-order valence-electron chi connectivity index (χ1n) is 14.0. The summed E-state index contributed by atoms with van der Waals surface area (Å²) in [6.07, 6.45) is 4.06. The number of ether oxygens (including phenoxy) is 1. The molecule has 1 amide bonds. The second-order valence-electron chi connectivity index (χ2n) is 11.1. The van der Waals surface area contributed by atoms with Gasteiger partial charge in [0, 0.05) is 34.3 Å². The Morgan fingerprint density at radius 3 is 2.50 bits per heavy atom. The van der Waals surface area contributed by atoms with Crippen LogP contribution in [0.2, 0.25) is 0 Å². The molecule has 4 aromatic rings. The van der Waals surface area contributed by atoms with Crippen LogP contribution in [0.1, 0.15) is 63.5 Å². The number of fused-ring (bicyclic) bond motifs is 3. The number of imidazole rings is 1. The van der Waals surface area contributed by atoms with Crippen LogP contribution in [0.5, 0.6) is 0 Å². The van der Waals surface area contributed by atoms with Crippen LogP contribution in [0.25, 0.3) is 22.1 Å². The molecule has 0 atom stereocenters. The highest BCUT2D eigenvalue weighted by molar-refractivity contribution is 7.90. The summed E-state index contributed by atoms with van der Waals surface area (Å²) < 4.78 is 59.7. The molecule has 1 aliphatic carbocycles. The van der Waals surface area contributed by atoms with Gasteiger partial charge in [0.15, 0.2) is 5.65 Å². The predicted octanol–water partition coefficient (Wildman–Crippen LogP) is 4.33. The maximum atomic E-state index is 13.7. The first-order valence-corrected chi connectivity index (χ1v) is 13.9. The standard InChI is InChI=1S/C27H33N5O5S/c1-26(2,3)37-24(33)29-27(4)14-11-18(12-15-27)32-22-20-13-16-31(38(35,36)19-9-7-6-8-10-19)23(20)28-17-21(22)30(5)25(32)34/h6-10,13,16-18H,11-12,14-15H2,1-5H3,(H,29,33)/i5D3. The summed E-state index contributed by atoms with van der Waals surface area (Å²) in [6, 6.07) is 9.06. The molecule has 3 aromatic heterocycles. The minimum atomic E-state index is -4.00. The van der Waals surface area contributed by atoms with Crippen LogP contribution < -0.4 is 11.0 Å². The van der Waals surface area contributed by atoms with Gasteiger partial charge in [-0.25, -0.2) is 27.0 Å². The third-order valence-electron chi connectivity index (χ3n) is 7.04. The number of rotatable bonds is 4. The molecule has 202 valence electrons. The van der Waals surface area contributed by atoms with Gasteiger partial charge in [0.1, 0.15) is 5.60 Å². The van der Waals surface area contributed by atoms with Crippen LogP contribution in [0.3, 0.4) is 0 Å². The maximum absolute atomic E-state index is 13.7. The number of hydrogen-bond donors (Lipinski definition) is 1. The van der Waals surface area contributed by atoms with Gasteiger partial charge in [-0.1, -0.05) is 18.2 Å². The Kier molecular flexibility index (Phi) is 5.31. The zero-order valence-electron chi connectivity index (χ0n) is 24.8. The zero-order valence-corrected chi connectivity index (χ0v) is 22.6. The summed E-state index contributed by atoms with van der Waals surface area (Å²) in [5.41, 5.74) is -1.45. The molecule has 1 saturated carbocycles. The van der Waals surface area contributed by atoms with Crippen LogP contribution in [0.15, 0.2) is 58.5 Å². The van der Waals surface area contributed by atoms with Crippen molar-refractivity contribution in [2.24, 2.45) is 6.98 Å². The van der Waals surface area contributed by atoms with Crippen LogP contribution >= 0.6 is 0 Å². The molecule has 10 nitrogen and oxygen atoms in total. The lowest BCUT2D eigenvalue weighted by Gasteiger charge is -2.38. The number of alkyl carbamates (subject to hydrolysis) is 1. The molecule has 1 N–H and O–H groups in total. The van der Waals surface area contributed by atoms with E-state index in [1.807, 2.05) is 6.92 Å². The minimum absolute atomic E-state index is 0.0703. The van der Waals surface area contributed by atoms with Crippen molar-refractivity contribution < 1.29 is 22.1 Å². The SMILES string of the molecule is [2H]C([2H])([2H])n1c(=O)n(C2CCC(C)(NC(=O)OC(C)(C)C)CC2)c2c3ccn(S(=O)(=O)c4ccccc4)c3ncc21. The molecule has 1 aromatic carbocycles. The lowest BCUT2D eigenvalue weighted by Crippen LogP contribution is -2.50. The second kappa shape index (κ2) is 9.00. The molecule has 11 heteroatoms. The van der Waals surface area contributed by atoms with Gasteiger partial charge in [-0.3, -0.25) is 9.13 Å². The molecule has 0 saturated heterocycles. The van der Waals surface area contributed by atoms with E-state index in [-0.39, 0.29) is 22.1 Å². The van der Waals surface area contributed by atoms with E-state index in [9.17, 15) is 18.0 Å². The number of benzene rings is 1. The van der Waals surface area contributed by atoms with Gasteiger partial charge in [0.2, 0.25) is 0 Å². The summed E-state index contributed by atoms with van der Waals surface area (Å²) in [6.45, 7) is 4.49. The normalized spacial score (nSPS) is 22.1. The summed E-state index contributed by atoms with van der Waals surface area (Å²) in [5, 5.41) is 3.30. The summed E-state index contributed by atoms with van der Waals surface area (Å²) in [7, 11) is -4.00. The predicted molar refractivity (Wildman–Crippen MR) is 145 cm³/mol. The minimum Gasteiger partial charge on any atom is -0.444 e. The molecule has 5 rings (SSSR count). The Balaban J connectivity index is 1.59. The van der Waals surface area contributed by atoms with E-state index in [0.717, 1.165) is 8.54 Å².